The number of hydrogen-bond donors (Lipinski definition) is 1. The highest BCUT2D eigenvalue weighted by Gasteiger charge is 1.69. The molecular formula is C12H12O. The summed E-state index contributed by atoms with van der Waals surface area (Å²) in [5, 5.41) is 8.44. The Bertz CT molecular complexity index is 289. The SMILES string of the molecule is C#CC#C/C=C/C=C/C=C/CCO. The van der Waals surface area contributed by atoms with Gasteiger partial charge in [-0.05, 0) is 24.3 Å². The summed E-state index contributed by atoms with van der Waals surface area (Å²) in [7, 11) is 0. The molecule has 0 aromatic heterocycles. The fourth-order valence-corrected chi connectivity index (χ4v) is 0.565. The first-order valence-electron chi connectivity index (χ1n) is 3.97. The summed E-state index contributed by atoms with van der Waals surface area (Å²) < 4.78 is 0. The zero-order valence-electron chi connectivity index (χ0n) is 7.40. The van der Waals surface area contributed by atoms with Crippen LogP contribution < -0.4 is 0 Å². The molecule has 0 bridgehead atoms. The van der Waals surface area contributed by atoms with Crippen LogP contribution in [-0.2, 0) is 0 Å². The maximum atomic E-state index is 8.44. The van der Waals surface area contributed by atoms with E-state index in [1.54, 1.807) is 12.2 Å². The van der Waals surface area contributed by atoms with E-state index in [9.17, 15) is 0 Å². The van der Waals surface area contributed by atoms with Crippen molar-refractivity contribution in [2.45, 2.75) is 6.42 Å². The predicted molar refractivity (Wildman–Crippen MR) is 55.7 cm³/mol. The molecule has 0 saturated heterocycles. The Morgan fingerprint density at radius 2 is 1.92 bits per heavy atom. The molecule has 0 spiro atoms. The second-order valence-corrected chi connectivity index (χ2v) is 2.10. The van der Waals surface area contributed by atoms with Gasteiger partial charge in [0, 0.05) is 6.61 Å². The standard InChI is InChI=1S/C12H12O/c1-2-3-4-5-6-7-8-9-10-11-12-13/h1,5-10,13H,11-12H2/b6-5+,8-7+,10-9+. The van der Waals surface area contributed by atoms with Crippen molar-refractivity contribution in [3.05, 3.63) is 36.5 Å². The molecule has 0 rings (SSSR count). The normalized spacial score (nSPS) is 10.5. The average molecular weight is 172 g/mol. The first kappa shape index (κ1) is 11.3. The lowest BCUT2D eigenvalue weighted by atomic mass is 10.3. The summed E-state index contributed by atoms with van der Waals surface area (Å²) in [5.41, 5.74) is 0. The van der Waals surface area contributed by atoms with E-state index in [0.29, 0.717) is 6.42 Å². The Hall–Kier alpha value is -1.70. The lowest BCUT2D eigenvalue weighted by Gasteiger charge is -1.79. The molecule has 0 amide bonds. The minimum atomic E-state index is 0.188. The molecule has 1 N–H and O–H groups in total. The number of terminal acetylenes is 1. The molecule has 1 heteroatoms. The van der Waals surface area contributed by atoms with Gasteiger partial charge >= 0.3 is 0 Å². The van der Waals surface area contributed by atoms with E-state index >= 15 is 0 Å². The van der Waals surface area contributed by atoms with E-state index in [0.717, 1.165) is 0 Å². The summed E-state index contributed by atoms with van der Waals surface area (Å²) in [5.74, 6) is 7.33. The zero-order valence-corrected chi connectivity index (χ0v) is 7.40. The second-order valence-electron chi connectivity index (χ2n) is 2.10. The van der Waals surface area contributed by atoms with E-state index in [-0.39, 0.29) is 6.61 Å². The van der Waals surface area contributed by atoms with Gasteiger partial charge in [0.05, 0.1) is 0 Å². The van der Waals surface area contributed by atoms with Gasteiger partial charge in [-0.1, -0.05) is 36.3 Å². The monoisotopic (exact) mass is 172 g/mol. The van der Waals surface area contributed by atoms with Crippen LogP contribution in [0, 0.1) is 24.2 Å². The molecule has 1 nitrogen and oxygen atoms in total. The Kier molecular flexibility index (Phi) is 8.95. The van der Waals surface area contributed by atoms with Crippen molar-refractivity contribution in [1.82, 2.24) is 0 Å². The van der Waals surface area contributed by atoms with Crippen molar-refractivity contribution in [2.24, 2.45) is 0 Å². The van der Waals surface area contributed by atoms with Crippen molar-refractivity contribution in [1.29, 1.82) is 0 Å². The van der Waals surface area contributed by atoms with Crippen LogP contribution in [0.2, 0.25) is 0 Å². The Morgan fingerprint density at radius 3 is 2.62 bits per heavy atom. The lowest BCUT2D eigenvalue weighted by molar-refractivity contribution is 0.302. The van der Waals surface area contributed by atoms with Crippen molar-refractivity contribution >= 4 is 0 Å². The van der Waals surface area contributed by atoms with Crippen LogP contribution in [0.3, 0.4) is 0 Å². The van der Waals surface area contributed by atoms with Crippen molar-refractivity contribution < 1.29 is 5.11 Å². The number of allylic oxidation sites excluding steroid dienone is 5. The maximum Gasteiger partial charge on any atom is 0.0465 e. The number of hydrogen-bond acceptors (Lipinski definition) is 1. The fraction of sp³-hybridized carbons (Fsp3) is 0.167. The summed E-state index contributed by atoms with van der Waals surface area (Å²) in [6.07, 6.45) is 16.5. The topological polar surface area (TPSA) is 20.2 Å². The molecule has 0 aliphatic carbocycles. The zero-order chi connectivity index (χ0) is 9.78. The summed E-state index contributed by atoms with van der Waals surface area (Å²) >= 11 is 0. The van der Waals surface area contributed by atoms with Gasteiger partial charge in [-0.3, -0.25) is 0 Å². The van der Waals surface area contributed by atoms with E-state index < -0.39 is 0 Å². The minimum Gasteiger partial charge on any atom is -0.396 e. The number of aliphatic hydroxyl groups excluding tert-OH is 1. The summed E-state index contributed by atoms with van der Waals surface area (Å²) in [6, 6.07) is 0. The molecule has 0 saturated carbocycles. The first-order chi connectivity index (χ1) is 6.41. The number of aliphatic hydroxyl groups is 1. The highest BCUT2D eigenvalue weighted by molar-refractivity contribution is 5.29. The van der Waals surface area contributed by atoms with Crippen LogP contribution in [0.4, 0.5) is 0 Å². The molecule has 66 valence electrons. The van der Waals surface area contributed by atoms with E-state index in [1.807, 2.05) is 24.3 Å². The smallest absolute Gasteiger partial charge is 0.0465 e. The van der Waals surface area contributed by atoms with Gasteiger partial charge in [0.25, 0.3) is 0 Å². The molecule has 0 aliphatic rings. The largest absolute Gasteiger partial charge is 0.396 e. The van der Waals surface area contributed by atoms with Crippen LogP contribution in [0.1, 0.15) is 6.42 Å². The highest BCUT2D eigenvalue weighted by Crippen LogP contribution is 1.83. The third-order valence-electron chi connectivity index (χ3n) is 1.09. The van der Waals surface area contributed by atoms with Gasteiger partial charge in [-0.15, -0.1) is 6.42 Å². The fourth-order valence-electron chi connectivity index (χ4n) is 0.565. The third kappa shape index (κ3) is 10.3. The molecule has 0 radical (unpaired) electrons. The van der Waals surface area contributed by atoms with Gasteiger partial charge in [-0.2, -0.15) is 0 Å². The average Bonchev–Trinajstić information content (AvgIpc) is 2.16. The second kappa shape index (κ2) is 10.3. The minimum absolute atomic E-state index is 0.188. The Balaban J connectivity index is 3.64. The van der Waals surface area contributed by atoms with E-state index in [1.165, 1.54) is 0 Å². The Labute approximate surface area is 79.5 Å². The van der Waals surface area contributed by atoms with Gasteiger partial charge in [0.1, 0.15) is 0 Å². The molecule has 0 aromatic rings. The van der Waals surface area contributed by atoms with Crippen LogP contribution in [0.25, 0.3) is 0 Å². The van der Waals surface area contributed by atoms with Crippen molar-refractivity contribution in [3.8, 4) is 24.2 Å². The predicted octanol–water partition coefficient (Wildman–Crippen LogP) is 1.67. The van der Waals surface area contributed by atoms with Gasteiger partial charge in [-0.25, -0.2) is 0 Å². The molecule has 0 unspecified atom stereocenters. The lowest BCUT2D eigenvalue weighted by Crippen LogP contribution is -1.73. The van der Waals surface area contributed by atoms with Crippen LogP contribution in [-0.4, -0.2) is 11.7 Å². The first-order valence-corrected chi connectivity index (χ1v) is 3.97. The summed E-state index contributed by atoms with van der Waals surface area (Å²) in [6.45, 7) is 0.188. The summed E-state index contributed by atoms with van der Waals surface area (Å²) in [4.78, 5) is 0. The molecule has 0 fully saturated rings. The van der Waals surface area contributed by atoms with Gasteiger partial charge in [0.15, 0.2) is 0 Å². The maximum absolute atomic E-state index is 8.44. The van der Waals surface area contributed by atoms with Crippen LogP contribution in [0.15, 0.2) is 36.5 Å². The molecule has 0 aromatic carbocycles. The molecule has 0 atom stereocenters. The van der Waals surface area contributed by atoms with Crippen LogP contribution >= 0.6 is 0 Å². The number of rotatable bonds is 4. The highest BCUT2D eigenvalue weighted by atomic mass is 16.2. The molecule has 0 heterocycles. The molecule has 0 aliphatic heterocycles. The van der Waals surface area contributed by atoms with Gasteiger partial charge < -0.3 is 5.11 Å². The van der Waals surface area contributed by atoms with Crippen LogP contribution in [0.5, 0.6) is 0 Å². The molecular weight excluding hydrogens is 160 g/mol. The van der Waals surface area contributed by atoms with E-state index in [2.05, 4.69) is 17.8 Å². The quantitative estimate of drug-likeness (QED) is 0.505. The van der Waals surface area contributed by atoms with Crippen molar-refractivity contribution in [3.63, 3.8) is 0 Å². The van der Waals surface area contributed by atoms with Gasteiger partial charge in [0.2, 0.25) is 0 Å². The van der Waals surface area contributed by atoms with E-state index in [4.69, 9.17) is 11.5 Å². The molecule has 13 heavy (non-hydrogen) atoms. The van der Waals surface area contributed by atoms with Crippen molar-refractivity contribution in [2.75, 3.05) is 6.61 Å². The third-order valence-corrected chi connectivity index (χ3v) is 1.09. The Morgan fingerprint density at radius 1 is 1.15 bits per heavy atom.